The zero-order valence-electron chi connectivity index (χ0n) is 15.3. The third-order valence-corrected chi connectivity index (χ3v) is 3.60. The van der Waals surface area contributed by atoms with E-state index in [1.165, 1.54) is 7.11 Å². The zero-order valence-corrected chi connectivity index (χ0v) is 15.3. The van der Waals surface area contributed by atoms with Crippen LogP contribution in [0, 0.1) is 0 Å². The predicted molar refractivity (Wildman–Crippen MR) is 98.8 cm³/mol. The summed E-state index contributed by atoms with van der Waals surface area (Å²) in [6.45, 7) is 0.0917. The quantitative estimate of drug-likeness (QED) is 0.408. The number of benzene rings is 2. The topological polar surface area (TPSA) is 63.2 Å². The van der Waals surface area contributed by atoms with Gasteiger partial charge in [0.15, 0.2) is 18.3 Å². The van der Waals surface area contributed by atoms with Crippen molar-refractivity contribution in [2.24, 2.45) is 0 Å². The highest BCUT2D eigenvalue weighted by Gasteiger charge is 2.13. The maximum Gasteiger partial charge on any atom is 0.337 e. The molecule has 2 aromatic carbocycles. The van der Waals surface area contributed by atoms with E-state index in [4.69, 9.17) is 23.7 Å². The van der Waals surface area contributed by atoms with Crippen molar-refractivity contribution in [3.63, 3.8) is 0 Å². The Morgan fingerprint density at radius 1 is 0.885 bits per heavy atom. The summed E-state index contributed by atoms with van der Waals surface area (Å²) in [5.41, 5.74) is 2.32. The number of carbonyl (C=O) groups excluding carboxylic acids is 1. The molecule has 0 amide bonds. The first-order valence-electron chi connectivity index (χ1n) is 7.87. The molecule has 0 saturated carbocycles. The molecule has 0 saturated heterocycles. The van der Waals surface area contributed by atoms with Gasteiger partial charge in [-0.3, -0.25) is 0 Å². The van der Waals surface area contributed by atoms with E-state index in [0.717, 1.165) is 11.1 Å². The number of carbonyl (C=O) groups is 1. The second kappa shape index (κ2) is 9.48. The standard InChI is InChI=1S/C20H22O6/c1-22-13-26-19-17(23-2)11-15(12-18(19)24-3)6-5-14-7-9-16(10-8-14)20(21)25-4/h5-12H,13H2,1-4H3/b6-5+. The van der Waals surface area contributed by atoms with Crippen molar-refractivity contribution in [1.82, 2.24) is 0 Å². The molecule has 0 aliphatic carbocycles. The molecule has 0 radical (unpaired) electrons. The van der Waals surface area contributed by atoms with E-state index in [1.807, 2.05) is 36.4 Å². The van der Waals surface area contributed by atoms with Gasteiger partial charge in [0, 0.05) is 7.11 Å². The first-order valence-corrected chi connectivity index (χ1v) is 7.87. The van der Waals surface area contributed by atoms with Gasteiger partial charge in [-0.2, -0.15) is 0 Å². The summed E-state index contributed by atoms with van der Waals surface area (Å²) in [5.74, 6) is 1.21. The van der Waals surface area contributed by atoms with E-state index >= 15 is 0 Å². The number of hydrogen-bond acceptors (Lipinski definition) is 6. The molecule has 0 atom stereocenters. The second-order valence-electron chi connectivity index (χ2n) is 5.25. The van der Waals surface area contributed by atoms with Crippen molar-refractivity contribution in [2.45, 2.75) is 0 Å². The lowest BCUT2D eigenvalue weighted by Crippen LogP contribution is -2.03. The lowest BCUT2D eigenvalue weighted by molar-refractivity contribution is 0.0471. The van der Waals surface area contributed by atoms with Crippen LogP contribution in [0.3, 0.4) is 0 Å². The molecule has 0 aliphatic heterocycles. The minimum absolute atomic E-state index is 0.0917. The molecule has 0 fully saturated rings. The third kappa shape index (κ3) is 4.77. The van der Waals surface area contributed by atoms with Crippen LogP contribution in [0.2, 0.25) is 0 Å². The molecule has 0 heterocycles. The Balaban J connectivity index is 2.25. The molecule has 0 aromatic heterocycles. The average molecular weight is 358 g/mol. The molecule has 0 unspecified atom stereocenters. The van der Waals surface area contributed by atoms with Crippen molar-refractivity contribution in [2.75, 3.05) is 35.2 Å². The van der Waals surface area contributed by atoms with Gasteiger partial charge < -0.3 is 23.7 Å². The number of rotatable bonds is 8. The number of methoxy groups -OCH3 is 4. The summed E-state index contributed by atoms with van der Waals surface area (Å²) in [7, 11) is 6.03. The molecule has 6 nitrogen and oxygen atoms in total. The van der Waals surface area contributed by atoms with Gasteiger partial charge in [0.25, 0.3) is 0 Å². The van der Waals surface area contributed by atoms with Crippen LogP contribution >= 0.6 is 0 Å². The van der Waals surface area contributed by atoms with Crippen LogP contribution in [0.25, 0.3) is 12.2 Å². The van der Waals surface area contributed by atoms with E-state index in [0.29, 0.717) is 22.8 Å². The Morgan fingerprint density at radius 2 is 1.46 bits per heavy atom. The molecule has 6 heteroatoms. The van der Waals surface area contributed by atoms with Crippen LogP contribution in [-0.4, -0.2) is 41.2 Å². The van der Waals surface area contributed by atoms with Crippen LogP contribution in [0.15, 0.2) is 36.4 Å². The Hall–Kier alpha value is -2.99. The Bertz CT molecular complexity index is 739. The van der Waals surface area contributed by atoms with Gasteiger partial charge in [-0.25, -0.2) is 4.79 Å². The molecule has 0 aliphatic rings. The zero-order chi connectivity index (χ0) is 18.9. The van der Waals surface area contributed by atoms with E-state index in [-0.39, 0.29) is 12.8 Å². The van der Waals surface area contributed by atoms with Crippen molar-refractivity contribution in [1.29, 1.82) is 0 Å². The predicted octanol–water partition coefficient (Wildman–Crippen LogP) is 3.64. The number of esters is 1. The molecule has 2 aromatic rings. The van der Waals surface area contributed by atoms with E-state index < -0.39 is 0 Å². The molecule has 26 heavy (non-hydrogen) atoms. The third-order valence-electron chi connectivity index (χ3n) is 3.60. The average Bonchev–Trinajstić information content (AvgIpc) is 2.70. The summed E-state index contributed by atoms with van der Waals surface area (Å²) >= 11 is 0. The highest BCUT2D eigenvalue weighted by Crippen LogP contribution is 2.39. The summed E-state index contributed by atoms with van der Waals surface area (Å²) in [6, 6.07) is 10.8. The van der Waals surface area contributed by atoms with E-state index in [1.54, 1.807) is 33.5 Å². The summed E-state index contributed by atoms with van der Waals surface area (Å²) in [6.07, 6.45) is 3.84. The van der Waals surface area contributed by atoms with Crippen LogP contribution < -0.4 is 14.2 Å². The SMILES string of the molecule is COCOc1c(OC)cc(/C=C/c2ccc(C(=O)OC)cc2)cc1OC. The second-order valence-corrected chi connectivity index (χ2v) is 5.25. The van der Waals surface area contributed by atoms with Crippen molar-refractivity contribution in [3.8, 4) is 17.2 Å². The lowest BCUT2D eigenvalue weighted by Gasteiger charge is -2.14. The Kier molecular flexibility index (Phi) is 7.05. The fourth-order valence-corrected chi connectivity index (χ4v) is 2.30. The van der Waals surface area contributed by atoms with E-state index in [2.05, 4.69) is 0 Å². The molecule has 2 rings (SSSR count). The van der Waals surface area contributed by atoms with Crippen molar-refractivity contribution < 1.29 is 28.5 Å². The highest BCUT2D eigenvalue weighted by atomic mass is 16.7. The van der Waals surface area contributed by atoms with Gasteiger partial charge >= 0.3 is 5.97 Å². The van der Waals surface area contributed by atoms with E-state index in [9.17, 15) is 4.79 Å². The van der Waals surface area contributed by atoms with Crippen molar-refractivity contribution >= 4 is 18.1 Å². The highest BCUT2D eigenvalue weighted by molar-refractivity contribution is 5.89. The normalized spacial score (nSPS) is 10.6. The van der Waals surface area contributed by atoms with Gasteiger partial charge in [0.1, 0.15) is 0 Å². The van der Waals surface area contributed by atoms with Gasteiger partial charge in [0.05, 0.1) is 26.9 Å². The Labute approximate surface area is 152 Å². The van der Waals surface area contributed by atoms with Crippen LogP contribution in [0.4, 0.5) is 0 Å². The summed E-state index contributed by atoms with van der Waals surface area (Å²) < 4.78 is 25.9. The van der Waals surface area contributed by atoms with Crippen LogP contribution in [0.5, 0.6) is 17.2 Å². The first-order chi connectivity index (χ1) is 12.6. The maximum absolute atomic E-state index is 11.5. The monoisotopic (exact) mass is 358 g/mol. The number of hydrogen-bond donors (Lipinski definition) is 0. The minimum Gasteiger partial charge on any atom is -0.493 e. The smallest absolute Gasteiger partial charge is 0.337 e. The lowest BCUT2D eigenvalue weighted by atomic mass is 10.1. The largest absolute Gasteiger partial charge is 0.493 e. The molecular formula is C20H22O6. The van der Waals surface area contributed by atoms with Crippen LogP contribution in [-0.2, 0) is 9.47 Å². The van der Waals surface area contributed by atoms with Crippen LogP contribution in [0.1, 0.15) is 21.5 Å². The van der Waals surface area contributed by atoms with Gasteiger partial charge in [-0.15, -0.1) is 0 Å². The molecule has 138 valence electrons. The van der Waals surface area contributed by atoms with Crippen molar-refractivity contribution in [3.05, 3.63) is 53.1 Å². The number of ether oxygens (including phenoxy) is 5. The maximum atomic E-state index is 11.5. The molecular weight excluding hydrogens is 336 g/mol. The fourth-order valence-electron chi connectivity index (χ4n) is 2.30. The van der Waals surface area contributed by atoms with Gasteiger partial charge in [0.2, 0.25) is 5.75 Å². The van der Waals surface area contributed by atoms with Gasteiger partial charge in [-0.05, 0) is 35.4 Å². The minimum atomic E-state index is -0.360. The first kappa shape index (κ1) is 19.3. The molecule has 0 bridgehead atoms. The Morgan fingerprint density at radius 3 is 1.96 bits per heavy atom. The molecule has 0 N–H and O–H groups in total. The molecule has 0 spiro atoms. The fraction of sp³-hybridized carbons (Fsp3) is 0.250. The summed E-state index contributed by atoms with van der Waals surface area (Å²) in [5, 5.41) is 0. The summed E-state index contributed by atoms with van der Waals surface area (Å²) in [4.78, 5) is 11.5. The van der Waals surface area contributed by atoms with Gasteiger partial charge in [-0.1, -0.05) is 24.3 Å².